The maximum atomic E-state index is 14.7. The highest BCUT2D eigenvalue weighted by molar-refractivity contribution is 5.79. The van der Waals surface area contributed by atoms with Crippen molar-refractivity contribution in [2.75, 3.05) is 20.3 Å². The molecular formula is C48H76O18. The number of carbonyl (C=O) groups excluding carboxylic acids is 2. The Hall–Kier alpha value is -1.88. The minimum absolute atomic E-state index is 0.0582. The molecule has 0 aromatic carbocycles. The molecule has 0 bridgehead atoms. The number of allylic oxidation sites excluding steroid dienone is 2. The van der Waals surface area contributed by atoms with E-state index in [9.17, 15) is 55.5 Å². The third-order valence-corrected chi connectivity index (χ3v) is 19.1. The quantitative estimate of drug-likeness (QED) is 0.0885. The number of aliphatic hydroxyl groups is 9. The molecule has 0 aromatic heterocycles. The fourth-order valence-corrected chi connectivity index (χ4v) is 14.9. The Kier molecular flexibility index (Phi) is 13.6. The molecule has 7 fully saturated rings. The zero-order valence-corrected chi connectivity index (χ0v) is 39.7. The van der Waals surface area contributed by atoms with Crippen molar-refractivity contribution < 1.29 is 88.7 Å². The highest BCUT2D eigenvalue weighted by Crippen LogP contribution is 2.76. The van der Waals surface area contributed by atoms with Crippen LogP contribution in [0.5, 0.6) is 0 Å². The Bertz CT molecular complexity index is 1840. The van der Waals surface area contributed by atoms with Crippen molar-refractivity contribution in [3.63, 3.8) is 0 Å². The average molecular weight is 941 g/mol. The van der Waals surface area contributed by atoms with E-state index < -0.39 is 128 Å². The van der Waals surface area contributed by atoms with E-state index in [1.165, 1.54) is 5.57 Å². The molecular weight excluding hydrogens is 865 g/mol. The molecule has 9 N–H and O–H groups in total. The lowest BCUT2D eigenvalue weighted by Gasteiger charge is -2.71. The summed E-state index contributed by atoms with van der Waals surface area (Å²) in [6.45, 7) is 14.8. The van der Waals surface area contributed by atoms with Crippen LogP contribution in [0.15, 0.2) is 11.6 Å². The lowest BCUT2D eigenvalue weighted by molar-refractivity contribution is -0.342. The molecule has 0 radical (unpaired) electrons. The smallest absolute Gasteiger partial charge is 0.337 e. The van der Waals surface area contributed by atoms with Crippen LogP contribution in [0.3, 0.4) is 0 Å². The van der Waals surface area contributed by atoms with Gasteiger partial charge >= 0.3 is 11.9 Å². The number of hydrogen-bond acceptors (Lipinski definition) is 18. The molecule has 18 nitrogen and oxygen atoms in total. The SMILES string of the molecule is COC(=O)C1OC(OC2CCC3(C)C(CCC4(C)C3CC=C3C5CC(C)(C)CCC5(C(=O)OC5OC(CO)C(O)C(O)C5O)CCC34C)C2(C)C)C(O)C(O)C1OC1OC(CO)C(O)C1O. The van der Waals surface area contributed by atoms with E-state index in [4.69, 9.17) is 33.2 Å². The van der Waals surface area contributed by atoms with Gasteiger partial charge < -0.3 is 79.1 Å². The predicted molar refractivity (Wildman–Crippen MR) is 229 cm³/mol. The molecule has 18 heteroatoms. The Morgan fingerprint density at radius 1 is 0.667 bits per heavy atom. The van der Waals surface area contributed by atoms with Gasteiger partial charge in [-0.05, 0) is 109 Å². The van der Waals surface area contributed by atoms with E-state index in [2.05, 4.69) is 54.5 Å². The van der Waals surface area contributed by atoms with Crippen LogP contribution in [0, 0.1) is 50.2 Å². The van der Waals surface area contributed by atoms with Crippen LogP contribution in [0.4, 0.5) is 0 Å². The topological polar surface area (TPSA) is 281 Å². The van der Waals surface area contributed by atoms with Crippen molar-refractivity contribution in [1.29, 1.82) is 0 Å². The number of carbonyl (C=O) groups is 2. The second kappa shape index (κ2) is 17.8. The van der Waals surface area contributed by atoms with Crippen LogP contribution >= 0.6 is 0 Å². The highest BCUT2D eigenvalue weighted by Gasteiger charge is 2.70. The Balaban J connectivity index is 1.02. The van der Waals surface area contributed by atoms with Gasteiger partial charge in [-0.15, -0.1) is 0 Å². The van der Waals surface area contributed by atoms with Crippen molar-refractivity contribution in [2.24, 2.45) is 50.2 Å². The lowest BCUT2D eigenvalue weighted by atomic mass is 9.33. The van der Waals surface area contributed by atoms with Gasteiger partial charge in [0.15, 0.2) is 18.7 Å². The summed E-state index contributed by atoms with van der Waals surface area (Å²) in [7, 11) is 1.13. The van der Waals surface area contributed by atoms with Crippen molar-refractivity contribution in [2.45, 2.75) is 205 Å². The van der Waals surface area contributed by atoms with Gasteiger partial charge in [-0.3, -0.25) is 4.79 Å². The standard InChI is InChI=1S/C48H76O18/c1-43(2)15-17-48(42(59)66-40-34(56)31(53)29(51)24(20-49)62-40)18-16-46(6)22(23(48)19-43)9-10-27-45(5)13-12-28(44(3,4)26(45)11-14-47(27,46)7)63-41-35(57)32(54)36(37(65-41)38(58)60-8)64-39-33(55)30(52)25(21-50)61-39/h9,23-37,39-41,49-57H,10-21H2,1-8H3. The molecule has 3 saturated heterocycles. The minimum atomic E-state index is -1.76. The molecule has 4 saturated carbocycles. The van der Waals surface area contributed by atoms with Gasteiger partial charge in [-0.1, -0.05) is 60.1 Å². The molecule has 5 aliphatic carbocycles. The summed E-state index contributed by atoms with van der Waals surface area (Å²) >= 11 is 0. The van der Waals surface area contributed by atoms with Crippen LogP contribution < -0.4 is 0 Å². The van der Waals surface area contributed by atoms with E-state index in [1.807, 2.05) is 0 Å². The first-order chi connectivity index (χ1) is 30.9. The monoisotopic (exact) mass is 941 g/mol. The van der Waals surface area contributed by atoms with Crippen molar-refractivity contribution in [3.8, 4) is 0 Å². The lowest BCUT2D eigenvalue weighted by Crippen LogP contribution is -2.66. The van der Waals surface area contributed by atoms with Crippen LogP contribution in [0.2, 0.25) is 0 Å². The maximum absolute atomic E-state index is 14.7. The first kappa shape index (κ1) is 50.5. The number of esters is 2. The third kappa shape index (κ3) is 7.74. The van der Waals surface area contributed by atoms with Gasteiger partial charge in [0.25, 0.3) is 0 Å². The van der Waals surface area contributed by atoms with Crippen LogP contribution in [-0.4, -0.2) is 170 Å². The van der Waals surface area contributed by atoms with E-state index in [0.29, 0.717) is 19.3 Å². The second-order valence-corrected chi connectivity index (χ2v) is 23.2. The summed E-state index contributed by atoms with van der Waals surface area (Å²) in [5.74, 6) is -1.13. The number of rotatable bonds is 9. The summed E-state index contributed by atoms with van der Waals surface area (Å²) in [5.41, 5.74) is -0.703. The van der Waals surface area contributed by atoms with E-state index in [1.54, 1.807) is 0 Å². The average Bonchev–Trinajstić information content (AvgIpc) is 3.54. The Morgan fingerprint density at radius 2 is 1.26 bits per heavy atom. The van der Waals surface area contributed by atoms with Gasteiger partial charge in [0.05, 0.1) is 31.8 Å². The molecule has 3 heterocycles. The third-order valence-electron chi connectivity index (χ3n) is 19.1. The zero-order valence-electron chi connectivity index (χ0n) is 39.7. The molecule has 0 amide bonds. The van der Waals surface area contributed by atoms with E-state index in [0.717, 1.165) is 52.1 Å². The second-order valence-electron chi connectivity index (χ2n) is 23.2. The summed E-state index contributed by atoms with van der Waals surface area (Å²) in [5, 5.41) is 94.8. The zero-order chi connectivity index (χ0) is 48.3. The minimum Gasteiger partial charge on any atom is -0.467 e. The fraction of sp³-hybridized carbons (Fsp3) is 0.917. The molecule has 0 spiro atoms. The maximum Gasteiger partial charge on any atom is 0.337 e. The summed E-state index contributed by atoms with van der Waals surface area (Å²) in [6.07, 6.45) is -12.2. The van der Waals surface area contributed by atoms with Gasteiger partial charge in [-0.25, -0.2) is 4.79 Å². The fourth-order valence-electron chi connectivity index (χ4n) is 14.9. The van der Waals surface area contributed by atoms with E-state index >= 15 is 0 Å². The number of ether oxygens (including phenoxy) is 7. The van der Waals surface area contributed by atoms with Crippen molar-refractivity contribution in [1.82, 2.24) is 0 Å². The van der Waals surface area contributed by atoms with Gasteiger partial charge in [0.1, 0.15) is 61.0 Å². The van der Waals surface area contributed by atoms with Crippen LogP contribution in [0.1, 0.15) is 113 Å². The molecule has 66 heavy (non-hydrogen) atoms. The first-order valence-corrected chi connectivity index (χ1v) is 24.1. The van der Waals surface area contributed by atoms with Crippen LogP contribution in [0.25, 0.3) is 0 Å². The Morgan fingerprint density at radius 3 is 1.91 bits per heavy atom. The molecule has 0 aromatic rings. The van der Waals surface area contributed by atoms with Gasteiger partial charge in [0.2, 0.25) is 6.29 Å². The van der Waals surface area contributed by atoms with Crippen LogP contribution in [-0.2, 0) is 42.7 Å². The van der Waals surface area contributed by atoms with Crippen molar-refractivity contribution in [3.05, 3.63) is 11.6 Å². The molecule has 22 unspecified atom stereocenters. The van der Waals surface area contributed by atoms with Gasteiger partial charge in [0, 0.05) is 0 Å². The normalized spacial score (nSPS) is 51.9. The van der Waals surface area contributed by atoms with Gasteiger partial charge in [-0.2, -0.15) is 0 Å². The number of hydrogen-bond donors (Lipinski definition) is 9. The Labute approximate surface area is 386 Å². The summed E-state index contributed by atoms with van der Waals surface area (Å²) in [4.78, 5) is 27.8. The molecule has 3 aliphatic heterocycles. The van der Waals surface area contributed by atoms with E-state index in [-0.39, 0.29) is 39.4 Å². The number of fused-ring (bicyclic) bond motifs is 7. The summed E-state index contributed by atoms with van der Waals surface area (Å²) in [6, 6.07) is 0. The first-order valence-electron chi connectivity index (χ1n) is 24.1. The van der Waals surface area contributed by atoms with Crippen molar-refractivity contribution >= 4 is 11.9 Å². The molecule has 376 valence electrons. The largest absolute Gasteiger partial charge is 0.467 e. The summed E-state index contributed by atoms with van der Waals surface area (Å²) < 4.78 is 40.5. The molecule has 8 aliphatic rings. The molecule has 8 rings (SSSR count). The highest BCUT2D eigenvalue weighted by atomic mass is 16.8. The number of aliphatic hydroxyl groups excluding tert-OH is 9. The predicted octanol–water partition coefficient (Wildman–Crippen LogP) is 0.960. The number of methoxy groups -OCH3 is 1. The molecule has 22 atom stereocenters.